The number of urea groups is 1. The van der Waals surface area contributed by atoms with Gasteiger partial charge in [0.05, 0.1) is 18.7 Å². The lowest BCUT2D eigenvalue weighted by atomic mass is 9.71. The summed E-state index contributed by atoms with van der Waals surface area (Å²) in [6, 6.07) is 17.4. The highest BCUT2D eigenvalue weighted by Crippen LogP contribution is 2.54. The molecule has 0 spiro atoms. The second kappa shape index (κ2) is 13.6. The number of hydrogen-bond donors (Lipinski definition) is 1. The Labute approximate surface area is 299 Å². The van der Waals surface area contributed by atoms with Gasteiger partial charge in [0, 0.05) is 65.6 Å². The van der Waals surface area contributed by atoms with E-state index in [1.165, 1.54) is 0 Å². The van der Waals surface area contributed by atoms with Crippen LogP contribution in [0.1, 0.15) is 76.8 Å². The van der Waals surface area contributed by atoms with Crippen molar-refractivity contribution in [2.75, 3.05) is 39.3 Å². The first-order chi connectivity index (χ1) is 23.3. The summed E-state index contributed by atoms with van der Waals surface area (Å²) >= 11 is 12.8. The number of aromatic nitrogens is 1. The average molecular weight is 706 g/mol. The standard InChI is InChI=1S/C38H46Cl2N6O3/c1-7-49-31-22-32(36(2,3)4)42-23-30(31)34-43-37(5,25-8-12-27(39)13-9-25)38(6,26-10-14-28(40)15-11-26)46(34)35(48)44-19-16-29(17-20-44)45-21-18-41-33(47)24-45/h8-15,22-23,29H,7,16-21,24H2,1-6H3,(H,41,47)/t37-,38+/m0/s1. The van der Waals surface area contributed by atoms with Crippen LogP contribution in [0, 0.1) is 0 Å². The second-order valence-corrected chi connectivity index (χ2v) is 15.4. The van der Waals surface area contributed by atoms with Crippen LogP contribution < -0.4 is 10.1 Å². The second-order valence-electron chi connectivity index (χ2n) is 14.5. The number of nitrogens with zero attached hydrogens (tertiary/aromatic N) is 5. The summed E-state index contributed by atoms with van der Waals surface area (Å²) in [5, 5.41) is 4.14. The minimum atomic E-state index is -1.01. The van der Waals surface area contributed by atoms with Crippen LogP contribution in [0.25, 0.3) is 0 Å². The van der Waals surface area contributed by atoms with Crippen molar-refractivity contribution in [2.24, 2.45) is 4.99 Å². The fraction of sp³-hybridized carbons (Fsp3) is 0.474. The maximum Gasteiger partial charge on any atom is 0.326 e. The fourth-order valence-corrected chi connectivity index (χ4v) is 7.64. The van der Waals surface area contributed by atoms with Crippen molar-refractivity contribution in [3.63, 3.8) is 0 Å². The monoisotopic (exact) mass is 704 g/mol. The third-order valence-corrected chi connectivity index (χ3v) is 10.9. The van der Waals surface area contributed by atoms with Crippen LogP contribution in [0.15, 0.2) is 65.8 Å². The Bertz CT molecular complexity index is 1730. The molecule has 1 N–H and O–H groups in total. The smallest absolute Gasteiger partial charge is 0.326 e. The quantitative estimate of drug-likeness (QED) is 0.299. The lowest BCUT2D eigenvalue weighted by molar-refractivity contribution is -0.125. The number of carbonyl (C=O) groups excluding carboxylic acids is 2. The number of amides is 3. The molecule has 3 aromatic rings. The maximum absolute atomic E-state index is 15.2. The van der Waals surface area contributed by atoms with E-state index in [0.717, 1.165) is 36.2 Å². The largest absolute Gasteiger partial charge is 0.493 e. The van der Waals surface area contributed by atoms with Gasteiger partial charge in [0.25, 0.3) is 0 Å². The van der Waals surface area contributed by atoms with E-state index < -0.39 is 11.1 Å². The number of amidine groups is 1. The normalized spacial score (nSPS) is 23.8. The van der Waals surface area contributed by atoms with Crippen LogP contribution in [-0.2, 0) is 21.3 Å². The zero-order valence-electron chi connectivity index (χ0n) is 29.2. The van der Waals surface area contributed by atoms with E-state index in [9.17, 15) is 4.79 Å². The van der Waals surface area contributed by atoms with Crippen LogP contribution in [0.3, 0.4) is 0 Å². The summed E-state index contributed by atoms with van der Waals surface area (Å²) in [4.78, 5) is 43.8. The number of benzene rings is 2. The minimum Gasteiger partial charge on any atom is -0.493 e. The van der Waals surface area contributed by atoms with Gasteiger partial charge < -0.3 is 15.0 Å². The molecule has 2 fully saturated rings. The number of piperidine rings is 1. The molecule has 0 radical (unpaired) electrons. The molecule has 2 atom stereocenters. The molecule has 3 aliphatic rings. The fourth-order valence-electron chi connectivity index (χ4n) is 7.39. The van der Waals surface area contributed by atoms with Gasteiger partial charge in [-0.15, -0.1) is 0 Å². The Morgan fingerprint density at radius 3 is 2.16 bits per heavy atom. The number of hydrogen-bond acceptors (Lipinski definition) is 6. The predicted molar refractivity (Wildman–Crippen MR) is 195 cm³/mol. The molecule has 4 heterocycles. The van der Waals surface area contributed by atoms with Gasteiger partial charge in [-0.05, 0) is 69.0 Å². The molecular weight excluding hydrogens is 659 g/mol. The van der Waals surface area contributed by atoms with Crippen LogP contribution in [-0.4, -0.2) is 82.8 Å². The Morgan fingerprint density at radius 2 is 1.59 bits per heavy atom. The number of rotatable bonds is 6. The summed E-state index contributed by atoms with van der Waals surface area (Å²) in [5.74, 6) is 1.17. The van der Waals surface area contributed by atoms with Gasteiger partial charge in [0.1, 0.15) is 22.7 Å². The first-order valence-corrected chi connectivity index (χ1v) is 17.9. The summed E-state index contributed by atoms with van der Waals surface area (Å²) < 4.78 is 6.28. The van der Waals surface area contributed by atoms with E-state index >= 15 is 4.79 Å². The number of likely N-dealkylation sites (tertiary alicyclic amines) is 1. The zero-order valence-corrected chi connectivity index (χ0v) is 30.7. The molecular formula is C38H46Cl2N6O3. The number of halogens is 2. The average Bonchev–Trinajstić information content (AvgIpc) is 3.32. The minimum absolute atomic E-state index is 0.0547. The lowest BCUT2D eigenvalue weighted by Gasteiger charge is -2.47. The van der Waals surface area contributed by atoms with Gasteiger partial charge in [0.15, 0.2) is 0 Å². The van der Waals surface area contributed by atoms with Crippen molar-refractivity contribution in [2.45, 2.75) is 76.9 Å². The first kappa shape index (κ1) is 35.2. The third-order valence-electron chi connectivity index (χ3n) is 10.4. The molecule has 0 bridgehead atoms. The van der Waals surface area contributed by atoms with Crippen molar-refractivity contribution in [3.05, 3.63) is 93.2 Å². The molecule has 0 saturated carbocycles. The summed E-state index contributed by atoms with van der Waals surface area (Å²) in [5.41, 5.74) is 1.13. The van der Waals surface area contributed by atoms with E-state index in [2.05, 4.69) is 44.8 Å². The number of aliphatic imine (C=N–C) groups is 1. The number of ether oxygens (including phenoxy) is 1. The number of piperazine rings is 1. The van der Waals surface area contributed by atoms with Gasteiger partial charge in [-0.2, -0.15) is 0 Å². The van der Waals surface area contributed by atoms with Crippen LogP contribution >= 0.6 is 23.2 Å². The molecule has 3 aliphatic heterocycles. The maximum atomic E-state index is 15.2. The Balaban J connectivity index is 1.49. The molecule has 260 valence electrons. The van der Waals surface area contributed by atoms with Crippen LogP contribution in [0.4, 0.5) is 4.79 Å². The highest BCUT2D eigenvalue weighted by Gasteiger charge is 2.60. The molecule has 3 amide bonds. The molecule has 2 saturated heterocycles. The van der Waals surface area contributed by atoms with Gasteiger partial charge in [-0.25, -0.2) is 4.79 Å². The van der Waals surface area contributed by atoms with Crippen molar-refractivity contribution < 1.29 is 14.3 Å². The van der Waals surface area contributed by atoms with Crippen molar-refractivity contribution in [1.82, 2.24) is 25.0 Å². The van der Waals surface area contributed by atoms with E-state index in [0.29, 0.717) is 60.0 Å². The van der Waals surface area contributed by atoms with E-state index in [-0.39, 0.29) is 23.4 Å². The van der Waals surface area contributed by atoms with E-state index in [1.807, 2.05) is 71.3 Å². The molecule has 6 rings (SSSR count). The zero-order chi connectivity index (χ0) is 35.1. The SMILES string of the molecule is CCOc1cc(C(C)(C)C)ncc1C1=N[C@@](C)(c2ccc(Cl)cc2)[C@@](C)(c2ccc(Cl)cc2)N1C(=O)N1CCC(N2CCNC(=O)C2)CC1. The number of pyridine rings is 1. The molecule has 49 heavy (non-hydrogen) atoms. The molecule has 9 nitrogen and oxygen atoms in total. The van der Waals surface area contributed by atoms with Gasteiger partial charge in [-0.3, -0.25) is 24.6 Å². The third kappa shape index (κ3) is 6.53. The highest BCUT2D eigenvalue weighted by atomic mass is 35.5. The van der Waals surface area contributed by atoms with E-state index in [1.54, 1.807) is 6.20 Å². The Morgan fingerprint density at radius 1 is 0.980 bits per heavy atom. The lowest BCUT2D eigenvalue weighted by Crippen LogP contribution is -2.60. The number of carbonyl (C=O) groups is 2. The van der Waals surface area contributed by atoms with Crippen molar-refractivity contribution in [1.29, 1.82) is 0 Å². The summed E-state index contributed by atoms with van der Waals surface area (Å²) in [7, 11) is 0. The topological polar surface area (TPSA) is 90.4 Å². The van der Waals surface area contributed by atoms with Crippen molar-refractivity contribution >= 4 is 41.0 Å². The Hall–Kier alpha value is -3.66. The molecule has 0 unspecified atom stereocenters. The van der Waals surface area contributed by atoms with Gasteiger partial charge in [0.2, 0.25) is 5.91 Å². The summed E-state index contributed by atoms with van der Waals surface area (Å²) in [6.45, 7) is 15.9. The molecule has 1 aromatic heterocycles. The predicted octanol–water partition coefficient (Wildman–Crippen LogP) is 6.99. The first-order valence-electron chi connectivity index (χ1n) is 17.1. The van der Waals surface area contributed by atoms with E-state index in [4.69, 9.17) is 37.9 Å². The van der Waals surface area contributed by atoms with Gasteiger partial charge >= 0.3 is 6.03 Å². The van der Waals surface area contributed by atoms with Crippen molar-refractivity contribution in [3.8, 4) is 5.75 Å². The van der Waals surface area contributed by atoms with Crippen LogP contribution in [0.5, 0.6) is 5.75 Å². The highest BCUT2D eigenvalue weighted by molar-refractivity contribution is 6.30. The molecule has 11 heteroatoms. The molecule has 2 aromatic carbocycles. The van der Waals surface area contributed by atoms with Crippen LogP contribution in [0.2, 0.25) is 10.0 Å². The molecule has 0 aliphatic carbocycles. The van der Waals surface area contributed by atoms with Gasteiger partial charge in [-0.1, -0.05) is 68.2 Å². The Kier molecular flexibility index (Phi) is 9.74. The summed E-state index contributed by atoms with van der Waals surface area (Å²) in [6.07, 6.45) is 3.35. The number of nitrogens with one attached hydrogen (secondary N) is 1.